The third-order valence-electron chi connectivity index (χ3n) is 6.70. The quantitative estimate of drug-likeness (QED) is 0.223. The van der Waals surface area contributed by atoms with E-state index in [4.69, 9.17) is 16.3 Å². The average molecular weight is 620 g/mol. The Kier molecular flexibility index (Phi) is 9.31. The van der Waals surface area contributed by atoms with Crippen LogP contribution in [0, 0.1) is 12.7 Å². The molecule has 0 saturated carbocycles. The minimum Gasteiger partial charge on any atom is -0.482 e. The Labute approximate surface area is 250 Å². The summed E-state index contributed by atoms with van der Waals surface area (Å²) < 4.78 is 61.4. The SMILES string of the molecule is COc1ccc(NC(C)=O)c2nc(C(=O)N(CCN(C)C)Cc3ccc(C(F)(F)F)c(Cl)c3)c(-c3ccc(F)c(C)c3)n12. The fraction of sp³-hybridized carbons (Fsp3) is 0.300. The number of benzene rings is 2. The van der Waals surface area contributed by atoms with Gasteiger partial charge in [-0.15, -0.1) is 0 Å². The largest absolute Gasteiger partial charge is 0.482 e. The predicted octanol–water partition coefficient (Wildman–Crippen LogP) is 6.29. The highest BCUT2D eigenvalue weighted by Crippen LogP contribution is 2.36. The second-order valence-corrected chi connectivity index (χ2v) is 10.7. The summed E-state index contributed by atoms with van der Waals surface area (Å²) in [6.07, 6.45) is -4.63. The first-order chi connectivity index (χ1) is 20.2. The van der Waals surface area contributed by atoms with Crippen molar-refractivity contribution in [3.63, 3.8) is 0 Å². The maximum absolute atomic E-state index is 14.3. The van der Waals surface area contributed by atoms with Crippen molar-refractivity contribution in [3.05, 3.63) is 81.8 Å². The second kappa shape index (κ2) is 12.6. The van der Waals surface area contributed by atoms with Crippen molar-refractivity contribution in [2.24, 2.45) is 0 Å². The number of carbonyl (C=O) groups is 2. The smallest absolute Gasteiger partial charge is 0.417 e. The van der Waals surface area contributed by atoms with Crippen molar-refractivity contribution >= 4 is 34.7 Å². The number of halogens is 5. The zero-order chi connectivity index (χ0) is 31.6. The van der Waals surface area contributed by atoms with Gasteiger partial charge in [0.2, 0.25) is 5.91 Å². The molecule has 43 heavy (non-hydrogen) atoms. The molecule has 4 rings (SSSR count). The van der Waals surface area contributed by atoms with Gasteiger partial charge >= 0.3 is 6.18 Å². The fourth-order valence-corrected chi connectivity index (χ4v) is 4.91. The lowest BCUT2D eigenvalue weighted by Crippen LogP contribution is -2.36. The van der Waals surface area contributed by atoms with E-state index in [1.54, 1.807) is 29.5 Å². The van der Waals surface area contributed by atoms with Crippen molar-refractivity contribution in [2.75, 3.05) is 39.6 Å². The van der Waals surface area contributed by atoms with Crippen LogP contribution in [-0.4, -0.2) is 65.3 Å². The van der Waals surface area contributed by atoms with E-state index < -0.39 is 28.5 Å². The van der Waals surface area contributed by atoms with Crippen molar-refractivity contribution in [3.8, 4) is 17.1 Å². The molecule has 0 aliphatic carbocycles. The predicted molar refractivity (Wildman–Crippen MR) is 156 cm³/mol. The van der Waals surface area contributed by atoms with E-state index in [0.29, 0.717) is 34.8 Å². The van der Waals surface area contributed by atoms with Gasteiger partial charge < -0.3 is 19.9 Å². The molecular formula is C30H30ClF4N5O3. The molecule has 2 heterocycles. The van der Waals surface area contributed by atoms with E-state index in [2.05, 4.69) is 10.3 Å². The number of aromatic nitrogens is 2. The number of anilines is 1. The summed E-state index contributed by atoms with van der Waals surface area (Å²) in [5, 5.41) is 2.23. The highest BCUT2D eigenvalue weighted by atomic mass is 35.5. The van der Waals surface area contributed by atoms with E-state index in [1.807, 2.05) is 19.0 Å². The normalized spacial score (nSPS) is 11.7. The van der Waals surface area contributed by atoms with E-state index >= 15 is 0 Å². The lowest BCUT2D eigenvalue weighted by atomic mass is 10.1. The van der Waals surface area contributed by atoms with Gasteiger partial charge in [-0.05, 0) is 68.5 Å². The van der Waals surface area contributed by atoms with Gasteiger partial charge in [0.1, 0.15) is 5.82 Å². The molecule has 0 aliphatic rings. The standard InChI is InChI=1S/C30H30ClF4N5O3/c1-17-14-20(7-9-23(17)32)27-26(37-28-24(36-18(2)41)10-11-25(43-5)40(27)28)29(42)39(13-12-38(3)4)16-19-6-8-21(22(31)15-19)30(33,34)35/h6-11,14-15H,12-13,16H2,1-5H3,(H,36,41). The molecule has 0 spiro atoms. The van der Waals surface area contributed by atoms with Crippen LogP contribution in [0.25, 0.3) is 16.9 Å². The number of nitrogens with one attached hydrogen (secondary N) is 1. The first-order valence-corrected chi connectivity index (χ1v) is 13.5. The number of nitrogens with zero attached hydrogens (tertiary/aromatic N) is 4. The molecule has 2 aromatic heterocycles. The van der Waals surface area contributed by atoms with Gasteiger partial charge in [0.05, 0.1) is 29.1 Å². The molecule has 1 N–H and O–H groups in total. The number of rotatable bonds is 9. The highest BCUT2D eigenvalue weighted by molar-refractivity contribution is 6.31. The maximum Gasteiger partial charge on any atom is 0.417 e. The van der Waals surface area contributed by atoms with Crippen LogP contribution in [0.3, 0.4) is 0 Å². The topological polar surface area (TPSA) is 79.2 Å². The number of ether oxygens (including phenoxy) is 1. The van der Waals surface area contributed by atoms with Gasteiger partial charge in [0.25, 0.3) is 5.91 Å². The Morgan fingerprint density at radius 3 is 2.37 bits per heavy atom. The molecule has 0 bridgehead atoms. The van der Waals surface area contributed by atoms with Crippen molar-refractivity contribution in [2.45, 2.75) is 26.6 Å². The molecule has 0 saturated heterocycles. The van der Waals surface area contributed by atoms with Crippen LogP contribution < -0.4 is 10.1 Å². The van der Waals surface area contributed by atoms with Crippen LogP contribution in [0.4, 0.5) is 23.2 Å². The highest BCUT2D eigenvalue weighted by Gasteiger charge is 2.33. The maximum atomic E-state index is 14.3. The molecule has 8 nitrogen and oxygen atoms in total. The van der Waals surface area contributed by atoms with E-state index in [9.17, 15) is 27.2 Å². The molecule has 228 valence electrons. The molecule has 0 atom stereocenters. The summed E-state index contributed by atoms with van der Waals surface area (Å²) >= 11 is 5.97. The zero-order valence-corrected chi connectivity index (χ0v) is 24.9. The number of likely N-dealkylation sites (N-methyl/N-ethyl adjacent to an activating group) is 1. The number of pyridine rings is 1. The molecule has 2 aromatic carbocycles. The Bertz CT molecular complexity index is 1690. The summed E-state index contributed by atoms with van der Waals surface area (Å²) in [6.45, 7) is 3.46. The number of carbonyl (C=O) groups excluding carboxylic acids is 2. The van der Waals surface area contributed by atoms with Gasteiger partial charge in [-0.3, -0.25) is 14.0 Å². The fourth-order valence-electron chi connectivity index (χ4n) is 4.60. The van der Waals surface area contributed by atoms with Gasteiger partial charge in [0, 0.05) is 38.2 Å². The van der Waals surface area contributed by atoms with Gasteiger partial charge in [-0.25, -0.2) is 9.37 Å². The van der Waals surface area contributed by atoms with E-state index in [0.717, 1.165) is 6.07 Å². The van der Waals surface area contributed by atoms with Crippen LogP contribution in [0.15, 0.2) is 48.5 Å². The Hall–Kier alpha value is -4.16. The van der Waals surface area contributed by atoms with Crippen LogP contribution in [0.5, 0.6) is 5.88 Å². The number of hydrogen-bond donors (Lipinski definition) is 1. The average Bonchev–Trinajstić information content (AvgIpc) is 3.32. The minimum absolute atomic E-state index is 0.0288. The molecule has 13 heteroatoms. The minimum atomic E-state index is -4.63. The summed E-state index contributed by atoms with van der Waals surface area (Å²) in [7, 11) is 5.07. The lowest BCUT2D eigenvalue weighted by Gasteiger charge is -2.25. The molecule has 0 radical (unpaired) electrons. The number of amides is 2. The third kappa shape index (κ3) is 6.91. The lowest BCUT2D eigenvalue weighted by molar-refractivity contribution is -0.137. The number of methoxy groups -OCH3 is 1. The molecule has 0 unspecified atom stereocenters. The van der Waals surface area contributed by atoms with Crippen molar-refractivity contribution in [1.82, 2.24) is 19.2 Å². The van der Waals surface area contributed by atoms with Crippen LogP contribution in [0.1, 0.15) is 34.1 Å². The van der Waals surface area contributed by atoms with Gasteiger partial charge in [-0.1, -0.05) is 17.7 Å². The Morgan fingerprint density at radius 2 is 1.79 bits per heavy atom. The number of alkyl halides is 3. The first-order valence-electron chi connectivity index (χ1n) is 13.1. The van der Waals surface area contributed by atoms with Crippen molar-refractivity contribution in [1.29, 1.82) is 0 Å². The first kappa shape index (κ1) is 31.8. The summed E-state index contributed by atoms with van der Waals surface area (Å²) in [4.78, 5) is 34.3. The number of hydrogen-bond acceptors (Lipinski definition) is 5. The van der Waals surface area contributed by atoms with E-state index in [-0.39, 0.29) is 36.0 Å². The Balaban J connectivity index is 1.92. The summed E-state index contributed by atoms with van der Waals surface area (Å²) in [6, 6.07) is 10.9. The van der Waals surface area contributed by atoms with Crippen LogP contribution in [0.2, 0.25) is 5.02 Å². The molecule has 4 aromatic rings. The summed E-state index contributed by atoms with van der Waals surface area (Å²) in [5.74, 6) is -1.06. The third-order valence-corrected chi connectivity index (χ3v) is 7.01. The van der Waals surface area contributed by atoms with E-state index in [1.165, 1.54) is 43.2 Å². The number of aryl methyl sites for hydroxylation is 1. The van der Waals surface area contributed by atoms with Gasteiger partial charge in [0.15, 0.2) is 17.2 Å². The Morgan fingerprint density at radius 1 is 1.07 bits per heavy atom. The molecule has 2 amide bonds. The molecule has 0 fully saturated rings. The monoisotopic (exact) mass is 619 g/mol. The molecule has 0 aliphatic heterocycles. The second-order valence-electron chi connectivity index (χ2n) is 10.2. The zero-order valence-electron chi connectivity index (χ0n) is 24.1. The number of imidazole rings is 1. The van der Waals surface area contributed by atoms with Crippen molar-refractivity contribution < 1.29 is 31.9 Å². The number of fused-ring (bicyclic) bond motifs is 1. The van der Waals surface area contributed by atoms with Crippen LogP contribution in [-0.2, 0) is 17.5 Å². The van der Waals surface area contributed by atoms with Crippen LogP contribution >= 0.6 is 11.6 Å². The molecular weight excluding hydrogens is 590 g/mol. The summed E-state index contributed by atoms with van der Waals surface area (Å²) in [5.41, 5.74) is 0.957. The van der Waals surface area contributed by atoms with Gasteiger partial charge in [-0.2, -0.15) is 13.2 Å².